The molecule has 5 rings (SSSR count). The standard InChI is InChI=1S/C27H28N2O/c1-18-9-11-19(12-10-18)23-17-24-22-7-5-6-8-25(22)30-26(29(24)28-23)20-13-15-21(16-14-20)27(2,3)4/h5-16,24,26H,17H2,1-4H3/t24-,26+/m1/s1. The van der Waals surface area contributed by atoms with Gasteiger partial charge in [0.2, 0.25) is 6.23 Å². The van der Waals surface area contributed by atoms with Crippen LogP contribution in [0.4, 0.5) is 0 Å². The number of ether oxygens (including phenoxy) is 1. The molecule has 0 radical (unpaired) electrons. The molecule has 0 aromatic heterocycles. The maximum atomic E-state index is 6.48. The molecule has 0 fully saturated rings. The molecule has 0 aliphatic carbocycles. The number of hydrogen-bond acceptors (Lipinski definition) is 3. The van der Waals surface area contributed by atoms with Crippen molar-refractivity contribution < 1.29 is 4.74 Å². The molecule has 0 saturated carbocycles. The van der Waals surface area contributed by atoms with Gasteiger partial charge in [-0.3, -0.25) is 0 Å². The fourth-order valence-electron chi connectivity index (χ4n) is 4.32. The van der Waals surface area contributed by atoms with E-state index in [1.165, 1.54) is 22.3 Å². The molecule has 2 atom stereocenters. The van der Waals surface area contributed by atoms with E-state index in [9.17, 15) is 0 Å². The van der Waals surface area contributed by atoms with Crippen molar-refractivity contribution in [2.45, 2.75) is 51.8 Å². The minimum Gasteiger partial charge on any atom is -0.464 e. The minimum absolute atomic E-state index is 0.130. The van der Waals surface area contributed by atoms with E-state index in [1.807, 2.05) is 6.07 Å². The van der Waals surface area contributed by atoms with Gasteiger partial charge in [0.15, 0.2) is 0 Å². The van der Waals surface area contributed by atoms with Gasteiger partial charge < -0.3 is 4.74 Å². The Morgan fingerprint density at radius 2 is 1.60 bits per heavy atom. The molecular weight excluding hydrogens is 368 g/mol. The zero-order valence-electron chi connectivity index (χ0n) is 18.1. The SMILES string of the molecule is Cc1ccc(C2=NN3[C@H](C2)c2ccccc2O[C@H]3c2ccc(C(C)(C)C)cc2)cc1. The van der Waals surface area contributed by atoms with Gasteiger partial charge in [0.05, 0.1) is 11.8 Å². The van der Waals surface area contributed by atoms with Crippen LogP contribution in [0.1, 0.15) is 67.3 Å². The molecule has 0 saturated heterocycles. The van der Waals surface area contributed by atoms with Gasteiger partial charge in [0.25, 0.3) is 0 Å². The Hall–Kier alpha value is -3.07. The first-order valence-corrected chi connectivity index (χ1v) is 10.7. The highest BCUT2D eigenvalue weighted by Gasteiger charge is 2.40. The Bertz CT molecular complexity index is 1090. The number of hydrogen-bond donors (Lipinski definition) is 0. The Labute approximate surface area is 179 Å². The second-order valence-corrected chi connectivity index (χ2v) is 9.39. The zero-order chi connectivity index (χ0) is 20.9. The lowest BCUT2D eigenvalue weighted by atomic mass is 9.86. The van der Waals surface area contributed by atoms with Crippen molar-refractivity contribution in [3.63, 3.8) is 0 Å². The highest BCUT2D eigenvalue weighted by molar-refractivity contribution is 6.02. The van der Waals surface area contributed by atoms with Crippen LogP contribution in [0.15, 0.2) is 77.9 Å². The van der Waals surface area contributed by atoms with Crippen molar-refractivity contribution in [2.24, 2.45) is 5.10 Å². The van der Waals surface area contributed by atoms with Gasteiger partial charge in [-0.05, 0) is 29.5 Å². The highest BCUT2D eigenvalue weighted by Crippen LogP contribution is 2.47. The molecule has 2 heterocycles. The smallest absolute Gasteiger partial charge is 0.213 e. The normalized spacial score (nSPS) is 20.3. The minimum atomic E-state index is -0.220. The average Bonchev–Trinajstić information content (AvgIpc) is 3.19. The number of fused-ring (bicyclic) bond motifs is 3. The zero-order valence-corrected chi connectivity index (χ0v) is 18.1. The van der Waals surface area contributed by atoms with Gasteiger partial charge in [0, 0.05) is 17.5 Å². The molecule has 2 aliphatic heterocycles. The first kappa shape index (κ1) is 18.9. The predicted molar refractivity (Wildman–Crippen MR) is 122 cm³/mol. The molecule has 0 amide bonds. The van der Waals surface area contributed by atoms with Crippen LogP contribution in [-0.4, -0.2) is 10.7 Å². The summed E-state index contributed by atoms with van der Waals surface area (Å²) in [7, 11) is 0. The molecular formula is C27H28N2O. The molecule has 30 heavy (non-hydrogen) atoms. The van der Waals surface area contributed by atoms with Crippen LogP contribution >= 0.6 is 0 Å². The summed E-state index contributed by atoms with van der Waals surface area (Å²) in [4.78, 5) is 0. The van der Waals surface area contributed by atoms with Crippen molar-refractivity contribution in [3.8, 4) is 5.75 Å². The molecule has 3 aromatic rings. The van der Waals surface area contributed by atoms with E-state index in [4.69, 9.17) is 9.84 Å². The van der Waals surface area contributed by atoms with E-state index in [0.717, 1.165) is 23.4 Å². The van der Waals surface area contributed by atoms with Crippen LogP contribution in [0, 0.1) is 6.92 Å². The van der Waals surface area contributed by atoms with Crippen molar-refractivity contribution in [1.82, 2.24) is 5.01 Å². The summed E-state index contributed by atoms with van der Waals surface area (Å²) in [5.41, 5.74) is 7.38. The molecule has 0 spiro atoms. The van der Waals surface area contributed by atoms with Gasteiger partial charge >= 0.3 is 0 Å². The molecule has 3 aromatic carbocycles. The summed E-state index contributed by atoms with van der Waals surface area (Å²) >= 11 is 0. The van der Waals surface area contributed by atoms with Crippen LogP contribution < -0.4 is 4.74 Å². The van der Waals surface area contributed by atoms with Crippen molar-refractivity contribution in [3.05, 3.63) is 101 Å². The first-order chi connectivity index (χ1) is 14.4. The van der Waals surface area contributed by atoms with E-state index in [2.05, 4.69) is 99.4 Å². The summed E-state index contributed by atoms with van der Waals surface area (Å²) in [6.45, 7) is 8.84. The highest BCUT2D eigenvalue weighted by atomic mass is 16.5. The summed E-state index contributed by atoms with van der Waals surface area (Å²) in [6.07, 6.45) is 0.668. The number of para-hydroxylation sites is 1. The van der Waals surface area contributed by atoms with Crippen LogP contribution in [0.25, 0.3) is 0 Å². The number of hydrazone groups is 1. The van der Waals surface area contributed by atoms with E-state index in [-0.39, 0.29) is 17.7 Å². The summed E-state index contributed by atoms with van der Waals surface area (Å²) in [5, 5.41) is 7.22. The Balaban J connectivity index is 1.55. The van der Waals surface area contributed by atoms with Crippen molar-refractivity contribution >= 4 is 5.71 Å². The van der Waals surface area contributed by atoms with Gasteiger partial charge in [-0.25, -0.2) is 5.01 Å². The number of aryl methyl sites for hydroxylation is 1. The Morgan fingerprint density at radius 1 is 0.900 bits per heavy atom. The van der Waals surface area contributed by atoms with E-state index < -0.39 is 0 Å². The molecule has 0 unspecified atom stereocenters. The monoisotopic (exact) mass is 396 g/mol. The molecule has 2 aliphatic rings. The Morgan fingerprint density at radius 3 is 2.30 bits per heavy atom. The Kier molecular flexibility index (Phi) is 4.43. The summed E-state index contributed by atoms with van der Waals surface area (Å²) < 4.78 is 6.48. The topological polar surface area (TPSA) is 24.8 Å². The van der Waals surface area contributed by atoms with Crippen LogP contribution in [0.3, 0.4) is 0 Å². The van der Waals surface area contributed by atoms with Gasteiger partial charge in [-0.1, -0.05) is 93.1 Å². The van der Waals surface area contributed by atoms with Gasteiger partial charge in [0.1, 0.15) is 5.75 Å². The van der Waals surface area contributed by atoms with Gasteiger partial charge in [-0.2, -0.15) is 5.10 Å². The second-order valence-electron chi connectivity index (χ2n) is 9.39. The number of rotatable bonds is 2. The quantitative estimate of drug-likeness (QED) is 0.492. The van der Waals surface area contributed by atoms with Crippen LogP contribution in [-0.2, 0) is 5.41 Å². The second kappa shape index (κ2) is 7.02. The molecule has 152 valence electrons. The predicted octanol–water partition coefficient (Wildman–Crippen LogP) is 6.53. The first-order valence-electron chi connectivity index (χ1n) is 10.7. The van der Waals surface area contributed by atoms with Crippen LogP contribution in [0.5, 0.6) is 5.75 Å². The van der Waals surface area contributed by atoms with E-state index >= 15 is 0 Å². The molecule has 3 nitrogen and oxygen atoms in total. The number of benzene rings is 3. The maximum Gasteiger partial charge on any atom is 0.213 e. The fraction of sp³-hybridized carbons (Fsp3) is 0.296. The molecule has 0 bridgehead atoms. The maximum absolute atomic E-state index is 6.48. The number of nitrogens with zero attached hydrogens (tertiary/aromatic N) is 2. The largest absolute Gasteiger partial charge is 0.464 e. The fourth-order valence-corrected chi connectivity index (χ4v) is 4.32. The summed E-state index contributed by atoms with van der Waals surface area (Å²) in [5.74, 6) is 0.962. The lowest BCUT2D eigenvalue weighted by Gasteiger charge is -2.38. The van der Waals surface area contributed by atoms with E-state index in [0.29, 0.717) is 0 Å². The molecule has 0 N–H and O–H groups in total. The third-order valence-electron chi connectivity index (χ3n) is 6.15. The van der Waals surface area contributed by atoms with Crippen molar-refractivity contribution in [1.29, 1.82) is 0 Å². The average molecular weight is 397 g/mol. The molecule has 3 heteroatoms. The van der Waals surface area contributed by atoms with Gasteiger partial charge in [-0.15, -0.1) is 0 Å². The van der Waals surface area contributed by atoms with E-state index in [1.54, 1.807) is 0 Å². The summed E-state index contributed by atoms with van der Waals surface area (Å²) in [6, 6.07) is 26.0. The van der Waals surface area contributed by atoms with Crippen LogP contribution in [0.2, 0.25) is 0 Å². The third-order valence-corrected chi connectivity index (χ3v) is 6.15. The third kappa shape index (κ3) is 3.28. The van der Waals surface area contributed by atoms with Crippen molar-refractivity contribution in [2.75, 3.05) is 0 Å². The lowest BCUT2D eigenvalue weighted by molar-refractivity contribution is -0.0190. The lowest BCUT2D eigenvalue weighted by Crippen LogP contribution is -2.33.